The van der Waals surface area contributed by atoms with Crippen LogP contribution in [-0.4, -0.2) is 40.1 Å². The molecule has 1 aromatic carbocycles. The predicted molar refractivity (Wildman–Crippen MR) is 96.1 cm³/mol. The van der Waals surface area contributed by atoms with Crippen molar-refractivity contribution in [2.24, 2.45) is 0 Å². The molecule has 0 saturated carbocycles. The van der Waals surface area contributed by atoms with Crippen LogP contribution in [-0.2, 0) is 22.7 Å². The van der Waals surface area contributed by atoms with Gasteiger partial charge in [-0.15, -0.1) is 0 Å². The molecule has 0 bridgehead atoms. The minimum atomic E-state index is 0.0954. The molecule has 1 aliphatic heterocycles. The van der Waals surface area contributed by atoms with Gasteiger partial charge >= 0.3 is 0 Å². The van der Waals surface area contributed by atoms with Crippen LogP contribution in [0.5, 0.6) is 0 Å². The number of carbonyl (C=O) groups is 2. The highest BCUT2D eigenvalue weighted by Gasteiger charge is 2.25. The lowest BCUT2D eigenvalue weighted by molar-refractivity contribution is -0.130. The van der Waals surface area contributed by atoms with Crippen LogP contribution in [0.1, 0.15) is 30.5 Å². The van der Waals surface area contributed by atoms with Gasteiger partial charge in [0.25, 0.3) is 0 Å². The maximum atomic E-state index is 12.3. The lowest BCUT2D eigenvalue weighted by atomic mass is 10.2. The summed E-state index contributed by atoms with van der Waals surface area (Å²) in [5.41, 5.74) is 2.03. The van der Waals surface area contributed by atoms with Crippen LogP contribution in [0.15, 0.2) is 36.4 Å². The van der Waals surface area contributed by atoms with Gasteiger partial charge in [-0.2, -0.15) is 5.10 Å². The van der Waals surface area contributed by atoms with Crippen LogP contribution < -0.4 is 4.90 Å². The van der Waals surface area contributed by atoms with Crippen molar-refractivity contribution in [1.82, 2.24) is 14.7 Å². The van der Waals surface area contributed by atoms with Gasteiger partial charge in [-0.05, 0) is 18.9 Å². The number of hydrogen-bond donors (Lipinski definition) is 0. The molecule has 0 aliphatic carbocycles. The number of rotatable bonds is 6. The van der Waals surface area contributed by atoms with Gasteiger partial charge in [0, 0.05) is 39.0 Å². The highest BCUT2D eigenvalue weighted by atomic mass is 16.2. The third-order valence-electron chi connectivity index (χ3n) is 4.46. The molecule has 1 aliphatic rings. The zero-order valence-corrected chi connectivity index (χ0v) is 14.8. The molecule has 132 valence electrons. The van der Waals surface area contributed by atoms with Gasteiger partial charge in [0.05, 0.1) is 12.2 Å². The van der Waals surface area contributed by atoms with Gasteiger partial charge in [-0.3, -0.25) is 14.5 Å². The van der Waals surface area contributed by atoms with Gasteiger partial charge < -0.3 is 4.90 Å². The molecule has 6 nitrogen and oxygen atoms in total. The first-order valence-electron chi connectivity index (χ1n) is 8.67. The van der Waals surface area contributed by atoms with Gasteiger partial charge in [-0.1, -0.05) is 30.3 Å². The molecule has 0 unspecified atom stereocenters. The van der Waals surface area contributed by atoms with Crippen molar-refractivity contribution in [3.8, 4) is 0 Å². The Kier molecular flexibility index (Phi) is 5.16. The van der Waals surface area contributed by atoms with Crippen molar-refractivity contribution >= 4 is 17.6 Å². The first-order chi connectivity index (χ1) is 12.0. The summed E-state index contributed by atoms with van der Waals surface area (Å²) in [6, 6.07) is 11.9. The lowest BCUT2D eigenvalue weighted by Crippen LogP contribution is -2.38. The number of fused-ring (bicyclic) bond motifs is 1. The summed E-state index contributed by atoms with van der Waals surface area (Å²) >= 11 is 0. The number of nitrogens with zero attached hydrogens (tertiary/aromatic N) is 4. The first-order valence-corrected chi connectivity index (χ1v) is 8.67. The monoisotopic (exact) mass is 340 g/mol. The molecule has 0 atom stereocenters. The van der Waals surface area contributed by atoms with Crippen LogP contribution in [0.4, 0.5) is 5.82 Å². The standard InChI is InChI=1S/C19H24N4O2/c1-15-13-17-22(19(25)10-12-23(17)20-15)11-6-9-18(24)21(2)14-16-7-4-3-5-8-16/h3-5,7-8,13H,6,9-12,14H2,1-2H3. The van der Waals surface area contributed by atoms with Crippen LogP contribution in [0.25, 0.3) is 0 Å². The Bertz CT molecular complexity index is 754. The van der Waals surface area contributed by atoms with Crippen LogP contribution in [0, 0.1) is 6.92 Å². The van der Waals surface area contributed by atoms with Crippen molar-refractivity contribution in [2.45, 2.75) is 39.3 Å². The molecule has 0 spiro atoms. The summed E-state index contributed by atoms with van der Waals surface area (Å²) in [5.74, 6) is 1.05. The van der Waals surface area contributed by atoms with E-state index in [0.717, 1.165) is 17.1 Å². The Morgan fingerprint density at radius 1 is 1.28 bits per heavy atom. The highest BCUT2D eigenvalue weighted by molar-refractivity contribution is 5.93. The van der Waals surface area contributed by atoms with Crippen molar-refractivity contribution < 1.29 is 9.59 Å². The summed E-state index contributed by atoms with van der Waals surface area (Å²) in [4.78, 5) is 28.0. The lowest BCUT2D eigenvalue weighted by Gasteiger charge is -2.27. The van der Waals surface area contributed by atoms with Gasteiger partial charge in [0.15, 0.2) is 0 Å². The molecule has 0 fully saturated rings. The van der Waals surface area contributed by atoms with Crippen molar-refractivity contribution in [1.29, 1.82) is 0 Å². The van der Waals surface area contributed by atoms with E-state index in [1.807, 2.05) is 55.1 Å². The van der Waals surface area contributed by atoms with E-state index in [1.165, 1.54) is 0 Å². The first kappa shape index (κ1) is 17.2. The molecular weight excluding hydrogens is 316 g/mol. The number of aryl methyl sites for hydroxylation is 2. The number of aromatic nitrogens is 2. The maximum Gasteiger partial charge on any atom is 0.229 e. The minimum Gasteiger partial charge on any atom is -0.341 e. The van der Waals surface area contributed by atoms with Crippen molar-refractivity contribution in [3.05, 3.63) is 47.7 Å². The summed E-state index contributed by atoms with van der Waals surface area (Å²) in [7, 11) is 1.82. The molecule has 0 N–H and O–H groups in total. The van der Waals surface area contributed by atoms with Gasteiger partial charge in [0.2, 0.25) is 11.8 Å². The van der Waals surface area contributed by atoms with E-state index in [9.17, 15) is 9.59 Å². The van der Waals surface area contributed by atoms with Crippen LogP contribution in [0.3, 0.4) is 0 Å². The van der Waals surface area contributed by atoms with E-state index >= 15 is 0 Å². The zero-order valence-electron chi connectivity index (χ0n) is 14.8. The fraction of sp³-hybridized carbons (Fsp3) is 0.421. The Labute approximate surface area is 148 Å². The number of carbonyl (C=O) groups excluding carboxylic acids is 2. The number of hydrogen-bond acceptors (Lipinski definition) is 3. The summed E-state index contributed by atoms with van der Waals surface area (Å²) in [6.07, 6.45) is 1.55. The third kappa shape index (κ3) is 4.07. The number of anilines is 1. The summed E-state index contributed by atoms with van der Waals surface area (Å²) < 4.78 is 1.88. The largest absolute Gasteiger partial charge is 0.341 e. The molecule has 1 aromatic heterocycles. The Morgan fingerprint density at radius 3 is 2.80 bits per heavy atom. The SMILES string of the molecule is Cc1cc2n(n1)CCC(=O)N2CCCC(=O)N(C)Cc1ccccc1. The maximum absolute atomic E-state index is 12.3. The molecule has 0 saturated heterocycles. The molecular formula is C19H24N4O2. The molecule has 2 aromatic rings. The van der Waals surface area contributed by atoms with Crippen molar-refractivity contribution in [2.75, 3.05) is 18.5 Å². The smallest absolute Gasteiger partial charge is 0.229 e. The quantitative estimate of drug-likeness (QED) is 0.811. The second-order valence-corrected chi connectivity index (χ2v) is 6.50. The van der Waals surface area contributed by atoms with E-state index in [4.69, 9.17) is 0 Å². The summed E-state index contributed by atoms with van der Waals surface area (Å²) in [5, 5.41) is 4.40. The summed E-state index contributed by atoms with van der Waals surface area (Å²) in [6.45, 7) is 3.72. The Hall–Kier alpha value is -2.63. The van der Waals surface area contributed by atoms with Gasteiger partial charge in [-0.25, -0.2) is 4.68 Å². The average Bonchev–Trinajstić information content (AvgIpc) is 2.98. The molecule has 25 heavy (non-hydrogen) atoms. The second-order valence-electron chi connectivity index (χ2n) is 6.50. The highest BCUT2D eigenvalue weighted by Crippen LogP contribution is 2.22. The predicted octanol–water partition coefficient (Wildman–Crippen LogP) is 2.37. The van der Waals surface area contributed by atoms with Crippen LogP contribution in [0.2, 0.25) is 0 Å². The Balaban J connectivity index is 1.52. The fourth-order valence-electron chi connectivity index (χ4n) is 3.14. The average molecular weight is 340 g/mol. The molecule has 2 amide bonds. The van der Waals surface area contributed by atoms with Gasteiger partial charge in [0.1, 0.15) is 5.82 Å². The van der Waals surface area contributed by atoms with E-state index in [1.54, 1.807) is 9.80 Å². The zero-order chi connectivity index (χ0) is 17.8. The topological polar surface area (TPSA) is 58.4 Å². The van der Waals surface area contributed by atoms with E-state index in [2.05, 4.69) is 5.10 Å². The number of amides is 2. The van der Waals surface area contributed by atoms with E-state index in [0.29, 0.717) is 38.9 Å². The normalized spacial score (nSPS) is 13.7. The molecule has 3 rings (SSSR count). The number of benzene rings is 1. The minimum absolute atomic E-state index is 0.0954. The fourth-order valence-corrected chi connectivity index (χ4v) is 3.14. The Morgan fingerprint density at radius 2 is 2.04 bits per heavy atom. The third-order valence-corrected chi connectivity index (χ3v) is 4.46. The van der Waals surface area contributed by atoms with Crippen molar-refractivity contribution in [3.63, 3.8) is 0 Å². The molecule has 6 heteroatoms. The second kappa shape index (κ2) is 7.51. The van der Waals surface area contributed by atoms with Crippen LogP contribution >= 0.6 is 0 Å². The molecule has 2 heterocycles. The molecule has 0 radical (unpaired) electrons. The van der Waals surface area contributed by atoms with E-state index in [-0.39, 0.29) is 11.8 Å². The van der Waals surface area contributed by atoms with E-state index < -0.39 is 0 Å².